The topological polar surface area (TPSA) is 64.0 Å². The van der Waals surface area contributed by atoms with Crippen molar-refractivity contribution >= 4 is 17.4 Å². The molecule has 0 aliphatic heterocycles. The van der Waals surface area contributed by atoms with Gasteiger partial charge in [0.25, 0.3) is 6.43 Å². The largest absolute Gasteiger partial charge is 0.324 e. The molecular formula is C16H17F2N3O2. The standard InChI is InChI=1S/C16H17F2N3O2/c1-9-8-14(15(17)18)20-21(9)10(2)16(23)19-13-6-4-12(5-7-13)11(3)22/h4-8,10,15H,1-3H3,(H,19,23). The van der Waals surface area contributed by atoms with Crippen molar-refractivity contribution in [2.45, 2.75) is 33.2 Å². The van der Waals surface area contributed by atoms with Crippen LogP contribution in [0.4, 0.5) is 14.5 Å². The first-order chi connectivity index (χ1) is 10.8. The fourth-order valence-corrected chi connectivity index (χ4v) is 2.16. The van der Waals surface area contributed by atoms with Crippen LogP contribution in [-0.2, 0) is 4.79 Å². The lowest BCUT2D eigenvalue weighted by molar-refractivity contribution is -0.119. The summed E-state index contributed by atoms with van der Waals surface area (Å²) >= 11 is 0. The quantitative estimate of drug-likeness (QED) is 0.857. The zero-order valence-corrected chi connectivity index (χ0v) is 13.0. The molecule has 0 saturated carbocycles. The number of aromatic nitrogens is 2. The molecule has 0 bridgehead atoms. The van der Waals surface area contributed by atoms with Gasteiger partial charge in [-0.05, 0) is 51.1 Å². The zero-order chi connectivity index (χ0) is 17.1. The molecular weight excluding hydrogens is 304 g/mol. The van der Waals surface area contributed by atoms with E-state index in [1.165, 1.54) is 17.7 Å². The molecule has 1 N–H and O–H groups in total. The van der Waals surface area contributed by atoms with Crippen molar-refractivity contribution in [3.8, 4) is 0 Å². The number of aryl methyl sites for hydroxylation is 1. The highest BCUT2D eigenvalue weighted by Gasteiger charge is 2.21. The van der Waals surface area contributed by atoms with Crippen LogP contribution in [0.1, 0.15) is 48.1 Å². The monoisotopic (exact) mass is 321 g/mol. The van der Waals surface area contributed by atoms with E-state index in [1.54, 1.807) is 38.1 Å². The van der Waals surface area contributed by atoms with E-state index >= 15 is 0 Å². The lowest BCUT2D eigenvalue weighted by atomic mass is 10.1. The van der Waals surface area contributed by atoms with Gasteiger partial charge in [-0.15, -0.1) is 0 Å². The number of Topliss-reactive ketones (excluding diaryl/α,β-unsaturated/α-hetero) is 1. The minimum Gasteiger partial charge on any atom is -0.324 e. The van der Waals surface area contributed by atoms with E-state index in [9.17, 15) is 18.4 Å². The third-order valence-electron chi connectivity index (χ3n) is 3.47. The average molecular weight is 321 g/mol. The predicted octanol–water partition coefficient (Wildman–Crippen LogP) is 3.53. The summed E-state index contributed by atoms with van der Waals surface area (Å²) in [5.41, 5.74) is 1.19. The number of carbonyl (C=O) groups is 2. The first-order valence-corrected chi connectivity index (χ1v) is 7.05. The highest BCUT2D eigenvalue weighted by Crippen LogP contribution is 2.21. The summed E-state index contributed by atoms with van der Waals surface area (Å²) in [6.45, 7) is 4.65. The van der Waals surface area contributed by atoms with E-state index in [1.807, 2.05) is 0 Å². The summed E-state index contributed by atoms with van der Waals surface area (Å²) in [6, 6.07) is 6.96. The highest BCUT2D eigenvalue weighted by molar-refractivity contribution is 5.96. The SMILES string of the molecule is CC(=O)c1ccc(NC(=O)C(C)n2nc(C(F)F)cc2C)cc1. The summed E-state index contributed by atoms with van der Waals surface area (Å²) in [5, 5.41) is 6.44. The molecule has 7 heteroatoms. The Bertz CT molecular complexity index is 723. The first kappa shape index (κ1) is 16.8. The van der Waals surface area contributed by atoms with Crippen LogP contribution in [0.5, 0.6) is 0 Å². The molecule has 0 saturated heterocycles. The second-order valence-corrected chi connectivity index (χ2v) is 5.25. The number of nitrogens with zero attached hydrogens (tertiary/aromatic N) is 2. The van der Waals surface area contributed by atoms with E-state index < -0.39 is 12.5 Å². The highest BCUT2D eigenvalue weighted by atomic mass is 19.3. The fourth-order valence-electron chi connectivity index (χ4n) is 2.16. The molecule has 23 heavy (non-hydrogen) atoms. The van der Waals surface area contributed by atoms with Crippen molar-refractivity contribution in [1.82, 2.24) is 9.78 Å². The van der Waals surface area contributed by atoms with Crippen LogP contribution in [0.25, 0.3) is 0 Å². The predicted molar refractivity (Wildman–Crippen MR) is 81.7 cm³/mol. The van der Waals surface area contributed by atoms with Gasteiger partial charge in [0.15, 0.2) is 5.78 Å². The maximum Gasteiger partial charge on any atom is 0.282 e. The molecule has 1 atom stereocenters. The molecule has 0 fully saturated rings. The van der Waals surface area contributed by atoms with Crippen molar-refractivity contribution in [2.24, 2.45) is 0 Å². The molecule has 0 radical (unpaired) electrons. The van der Waals surface area contributed by atoms with E-state index in [-0.39, 0.29) is 17.4 Å². The van der Waals surface area contributed by atoms with Crippen LogP contribution in [0.3, 0.4) is 0 Å². The van der Waals surface area contributed by atoms with Crippen LogP contribution < -0.4 is 5.32 Å². The Morgan fingerprint density at radius 3 is 2.30 bits per heavy atom. The van der Waals surface area contributed by atoms with Crippen molar-refractivity contribution in [1.29, 1.82) is 0 Å². The van der Waals surface area contributed by atoms with Crippen LogP contribution in [0, 0.1) is 6.92 Å². The van der Waals surface area contributed by atoms with Gasteiger partial charge in [-0.1, -0.05) is 0 Å². The summed E-state index contributed by atoms with van der Waals surface area (Å²) < 4.78 is 26.6. The number of nitrogens with one attached hydrogen (secondary N) is 1. The smallest absolute Gasteiger partial charge is 0.282 e. The number of benzene rings is 1. The summed E-state index contributed by atoms with van der Waals surface area (Å²) in [6.07, 6.45) is -2.68. The second kappa shape index (κ2) is 6.68. The lowest BCUT2D eigenvalue weighted by Gasteiger charge is -2.14. The van der Waals surface area contributed by atoms with Gasteiger partial charge < -0.3 is 5.32 Å². The molecule has 1 unspecified atom stereocenters. The molecule has 5 nitrogen and oxygen atoms in total. The van der Waals surface area contributed by atoms with E-state index in [0.29, 0.717) is 16.9 Å². The van der Waals surface area contributed by atoms with Crippen molar-refractivity contribution in [2.75, 3.05) is 5.32 Å². The van der Waals surface area contributed by atoms with Gasteiger partial charge in [-0.2, -0.15) is 5.10 Å². The molecule has 1 aromatic heterocycles. The molecule has 122 valence electrons. The molecule has 1 amide bonds. The van der Waals surface area contributed by atoms with Crippen LogP contribution >= 0.6 is 0 Å². The van der Waals surface area contributed by atoms with Crippen molar-refractivity contribution < 1.29 is 18.4 Å². The third-order valence-corrected chi connectivity index (χ3v) is 3.47. The normalized spacial score (nSPS) is 12.3. The number of ketones is 1. The minimum atomic E-state index is -2.68. The molecule has 0 aliphatic carbocycles. The Labute approximate surface area is 132 Å². The van der Waals surface area contributed by atoms with Gasteiger partial charge in [0.1, 0.15) is 11.7 Å². The van der Waals surface area contributed by atoms with E-state index in [0.717, 1.165) is 0 Å². The molecule has 1 aromatic carbocycles. The number of hydrogen-bond donors (Lipinski definition) is 1. The molecule has 2 rings (SSSR count). The second-order valence-electron chi connectivity index (χ2n) is 5.25. The van der Waals surface area contributed by atoms with Gasteiger partial charge in [-0.3, -0.25) is 14.3 Å². The average Bonchev–Trinajstić information content (AvgIpc) is 2.89. The number of rotatable bonds is 5. The maximum atomic E-state index is 12.7. The molecule has 0 spiro atoms. The summed E-state index contributed by atoms with van der Waals surface area (Å²) in [7, 11) is 0. The fraction of sp³-hybridized carbons (Fsp3) is 0.312. The van der Waals surface area contributed by atoms with Gasteiger partial charge in [0.2, 0.25) is 5.91 Å². The van der Waals surface area contributed by atoms with Crippen molar-refractivity contribution in [3.05, 3.63) is 47.3 Å². The number of alkyl halides is 2. The van der Waals surface area contributed by atoms with Gasteiger partial charge >= 0.3 is 0 Å². The summed E-state index contributed by atoms with van der Waals surface area (Å²) in [4.78, 5) is 23.4. The van der Waals surface area contributed by atoms with Crippen LogP contribution in [0.2, 0.25) is 0 Å². The minimum absolute atomic E-state index is 0.0667. The number of hydrogen-bond acceptors (Lipinski definition) is 3. The van der Waals surface area contributed by atoms with Gasteiger partial charge in [-0.25, -0.2) is 8.78 Å². The Morgan fingerprint density at radius 1 is 1.22 bits per heavy atom. The van der Waals surface area contributed by atoms with Crippen LogP contribution in [0.15, 0.2) is 30.3 Å². The Balaban J connectivity index is 2.12. The third kappa shape index (κ3) is 3.80. The number of anilines is 1. The summed E-state index contributed by atoms with van der Waals surface area (Å²) in [5.74, 6) is -0.449. The van der Waals surface area contributed by atoms with E-state index in [2.05, 4.69) is 10.4 Å². The molecule has 0 aliphatic rings. The maximum absolute atomic E-state index is 12.7. The Morgan fingerprint density at radius 2 is 1.83 bits per heavy atom. The van der Waals surface area contributed by atoms with E-state index in [4.69, 9.17) is 0 Å². The zero-order valence-electron chi connectivity index (χ0n) is 13.0. The number of halogens is 2. The lowest BCUT2D eigenvalue weighted by Crippen LogP contribution is -2.25. The molecule has 2 aromatic rings. The van der Waals surface area contributed by atoms with Gasteiger partial charge in [0, 0.05) is 16.9 Å². The van der Waals surface area contributed by atoms with Gasteiger partial charge in [0.05, 0.1) is 0 Å². The Kier molecular flexibility index (Phi) is 4.88. The van der Waals surface area contributed by atoms with Crippen molar-refractivity contribution in [3.63, 3.8) is 0 Å². The number of carbonyl (C=O) groups excluding carboxylic acids is 2. The van der Waals surface area contributed by atoms with Crippen LogP contribution in [-0.4, -0.2) is 21.5 Å². The first-order valence-electron chi connectivity index (χ1n) is 7.05. The molecule has 1 heterocycles. The Hall–Kier alpha value is -2.57. The number of amides is 1.